The zero-order valence-electron chi connectivity index (χ0n) is 33.5. The molecule has 0 saturated heterocycles. The molecule has 0 amide bonds. The van der Waals surface area contributed by atoms with E-state index >= 15 is 0 Å². The van der Waals surface area contributed by atoms with E-state index in [0.29, 0.717) is 0 Å². The SMILES string of the molecule is C.C=C(C)C.C=C(C)c1ccc(C)cc1.C=C(C)c1cccc(C)c1.C=C(C)c1cccnc1.C=C(C)c1ccncc1.[CH3-].[CH3-].[CH3-].[CH3-].[Y].[Y].[Y].[Y]. The van der Waals surface area contributed by atoms with Gasteiger partial charge in [-0.1, -0.05) is 122 Å². The third kappa shape index (κ3) is 42.5. The fraction of sp³-hybridized carbons (Fsp3) is 0.200. The average molecular weight is 991 g/mol. The van der Waals surface area contributed by atoms with Crippen LogP contribution in [0.3, 0.4) is 0 Å². The van der Waals surface area contributed by atoms with Crippen molar-refractivity contribution in [3.8, 4) is 0 Å². The number of pyridine rings is 2. The van der Waals surface area contributed by atoms with Crippen LogP contribution >= 0.6 is 0 Å². The van der Waals surface area contributed by atoms with Gasteiger partial charge in [0.25, 0.3) is 0 Å². The van der Waals surface area contributed by atoms with Gasteiger partial charge in [-0.05, 0) is 101 Å². The van der Waals surface area contributed by atoms with Gasteiger partial charge in [0.1, 0.15) is 0 Å². The predicted octanol–water partition coefficient (Wildman–Crippen LogP) is 14.3. The van der Waals surface area contributed by atoms with E-state index in [1.165, 1.54) is 27.8 Å². The van der Waals surface area contributed by atoms with Gasteiger partial charge in [0.2, 0.25) is 0 Å². The smallest absolute Gasteiger partial charge is 0.0342 e. The Labute approximate surface area is 419 Å². The Morgan fingerprint density at radius 3 is 1.08 bits per heavy atom. The summed E-state index contributed by atoms with van der Waals surface area (Å²) in [4.78, 5) is 7.83. The predicted molar refractivity (Wildman–Crippen MR) is 223 cm³/mol. The fourth-order valence-corrected chi connectivity index (χ4v) is 3.00. The molecule has 4 radical (unpaired) electrons. The summed E-state index contributed by atoms with van der Waals surface area (Å²) in [5.74, 6) is 0. The van der Waals surface area contributed by atoms with E-state index in [1.54, 1.807) is 18.6 Å². The van der Waals surface area contributed by atoms with Crippen molar-refractivity contribution in [3.05, 3.63) is 199 Å². The van der Waals surface area contributed by atoms with Crippen molar-refractivity contribution in [3.63, 3.8) is 0 Å². The molecule has 0 aliphatic heterocycles. The van der Waals surface area contributed by atoms with Gasteiger partial charge in [-0.25, -0.2) is 0 Å². The first-order chi connectivity index (χ1) is 19.7. The Balaban J connectivity index is -0.0000000502. The first-order valence-corrected chi connectivity index (χ1v) is 13.9. The van der Waals surface area contributed by atoms with Crippen molar-refractivity contribution >= 4 is 22.3 Å². The van der Waals surface area contributed by atoms with E-state index in [1.807, 2.05) is 72.0 Å². The molecule has 4 aromatic rings. The molecule has 0 aliphatic carbocycles. The van der Waals surface area contributed by atoms with Crippen LogP contribution in [0.5, 0.6) is 0 Å². The first-order valence-electron chi connectivity index (χ1n) is 13.9. The van der Waals surface area contributed by atoms with E-state index < -0.39 is 0 Å². The van der Waals surface area contributed by atoms with Gasteiger partial charge in [-0.15, -0.1) is 6.58 Å². The topological polar surface area (TPSA) is 25.8 Å². The number of hydrogen-bond acceptors (Lipinski definition) is 2. The van der Waals surface area contributed by atoms with Crippen LogP contribution in [0.4, 0.5) is 0 Å². The molecule has 0 bridgehead atoms. The summed E-state index contributed by atoms with van der Waals surface area (Å²) >= 11 is 0. The molecule has 6 heteroatoms. The van der Waals surface area contributed by atoms with Gasteiger partial charge in [-0.2, -0.15) is 0 Å². The summed E-state index contributed by atoms with van der Waals surface area (Å²) in [5.41, 5.74) is 12.9. The average Bonchev–Trinajstić information content (AvgIpc) is 2.95. The van der Waals surface area contributed by atoms with Crippen LogP contribution in [0.1, 0.15) is 82.3 Å². The summed E-state index contributed by atoms with van der Waals surface area (Å²) in [5, 5.41) is 0. The minimum Gasteiger partial charge on any atom is -0.358 e. The Kier molecular flexibility index (Phi) is 68.3. The van der Waals surface area contributed by atoms with Crippen LogP contribution in [0, 0.1) is 43.6 Å². The molecular formula is C45H66N2Y4-4. The molecule has 51 heavy (non-hydrogen) atoms. The maximum atomic E-state index is 3.95. The molecule has 0 spiro atoms. The maximum absolute atomic E-state index is 3.95. The first kappa shape index (κ1) is 75.7. The normalized spacial score (nSPS) is 7.37. The number of aromatic nitrogens is 2. The Bertz CT molecular complexity index is 1360. The van der Waals surface area contributed by atoms with Crippen LogP contribution in [-0.2, 0) is 131 Å². The molecular weight excluding hydrogens is 924 g/mol. The van der Waals surface area contributed by atoms with Crippen molar-refractivity contribution in [2.24, 2.45) is 0 Å². The number of nitrogens with zero attached hydrogens (tertiary/aromatic N) is 2. The number of allylic oxidation sites excluding steroid dienone is 5. The Morgan fingerprint density at radius 1 is 0.431 bits per heavy atom. The molecule has 0 N–H and O–H groups in total. The van der Waals surface area contributed by atoms with Crippen LogP contribution < -0.4 is 0 Å². The third-order valence-corrected chi connectivity index (χ3v) is 5.38. The molecule has 272 valence electrons. The second-order valence-corrected chi connectivity index (χ2v) is 10.5. The number of rotatable bonds is 4. The Hall–Kier alpha value is -0.144. The molecule has 4 rings (SSSR count). The summed E-state index contributed by atoms with van der Waals surface area (Å²) < 4.78 is 0. The molecule has 2 aromatic carbocycles. The molecule has 2 heterocycles. The van der Waals surface area contributed by atoms with Gasteiger partial charge >= 0.3 is 0 Å². The van der Waals surface area contributed by atoms with Gasteiger partial charge in [-0.3, -0.25) is 9.97 Å². The van der Waals surface area contributed by atoms with Gasteiger partial charge in [0, 0.05) is 156 Å². The quantitative estimate of drug-likeness (QED) is 0.150. The maximum Gasteiger partial charge on any atom is 0.0342 e. The summed E-state index contributed by atoms with van der Waals surface area (Å²) in [6, 6.07) is 24.6. The van der Waals surface area contributed by atoms with Crippen LogP contribution in [0.2, 0.25) is 0 Å². The van der Waals surface area contributed by atoms with Gasteiger partial charge in [0.15, 0.2) is 0 Å². The molecule has 0 unspecified atom stereocenters. The number of benzene rings is 2. The monoisotopic (exact) mass is 990 g/mol. The largest absolute Gasteiger partial charge is 0.358 e. The molecule has 2 nitrogen and oxygen atoms in total. The molecule has 0 atom stereocenters. The summed E-state index contributed by atoms with van der Waals surface area (Å²) in [7, 11) is 0. The minimum absolute atomic E-state index is 0. The molecule has 0 aliphatic rings. The fourth-order valence-electron chi connectivity index (χ4n) is 3.00. The van der Waals surface area contributed by atoms with Crippen molar-refractivity contribution in [2.75, 3.05) is 0 Å². The second kappa shape index (κ2) is 46.0. The van der Waals surface area contributed by atoms with Crippen molar-refractivity contribution in [2.45, 2.75) is 62.8 Å². The van der Waals surface area contributed by atoms with Crippen LogP contribution in [0.25, 0.3) is 22.3 Å². The standard InChI is InChI=1S/2C10H12.2C8H9N.C4H8.CH4.4CH3.4Y/c1-8(2)10-6-4-9(3)5-7-10;1-8(2)10-6-4-5-9(3)7-10;1-7(2)8-3-5-9-6-4-8;1-7(2)8-4-3-5-9-6-8;1-4(2)3;;;;;;;;;/h2*4-7H,1H2,2-3H3;2*3-6H,1H2,2H3;1H2,2-3H3;1H4;4*1H3;;;;/q;;;;;;4*-1;;;;. The van der Waals surface area contributed by atoms with Crippen molar-refractivity contribution in [1.29, 1.82) is 0 Å². The third-order valence-electron chi connectivity index (χ3n) is 5.38. The second-order valence-electron chi connectivity index (χ2n) is 10.5. The number of aryl methyl sites for hydroxylation is 2. The Morgan fingerprint density at radius 2 is 0.804 bits per heavy atom. The molecule has 2 aromatic heterocycles. The van der Waals surface area contributed by atoms with E-state index in [0.717, 1.165) is 33.4 Å². The van der Waals surface area contributed by atoms with Crippen molar-refractivity contribution in [1.82, 2.24) is 9.97 Å². The van der Waals surface area contributed by atoms with Gasteiger partial charge in [0.05, 0.1) is 0 Å². The molecule has 0 saturated carbocycles. The zero-order chi connectivity index (χ0) is 32.1. The van der Waals surface area contributed by atoms with Crippen LogP contribution in [-0.4, -0.2) is 9.97 Å². The summed E-state index contributed by atoms with van der Waals surface area (Å²) in [6.45, 7) is 35.0. The number of hydrogen-bond donors (Lipinski definition) is 0. The molecule has 0 fully saturated rings. The van der Waals surface area contributed by atoms with Gasteiger partial charge < -0.3 is 29.7 Å². The minimum atomic E-state index is 0. The van der Waals surface area contributed by atoms with E-state index in [2.05, 4.69) is 105 Å². The van der Waals surface area contributed by atoms with E-state index in [-0.39, 0.29) is 168 Å². The van der Waals surface area contributed by atoms with E-state index in [9.17, 15) is 0 Å². The zero-order valence-corrected chi connectivity index (χ0v) is 44.8. The summed E-state index contributed by atoms with van der Waals surface area (Å²) in [6.07, 6.45) is 7.10. The van der Waals surface area contributed by atoms with E-state index in [4.69, 9.17) is 0 Å². The van der Waals surface area contributed by atoms with Crippen molar-refractivity contribution < 1.29 is 131 Å². The van der Waals surface area contributed by atoms with Crippen LogP contribution in [0.15, 0.2) is 136 Å².